The number of allylic oxidation sites excluding steroid dienone is 4. The summed E-state index contributed by atoms with van der Waals surface area (Å²) in [4.78, 5) is 72.8. The Morgan fingerprint density at radius 3 is 2.19 bits per heavy atom. The van der Waals surface area contributed by atoms with Gasteiger partial charge in [0.05, 0.1) is 36.5 Å². The molecule has 9 atom stereocenters. The minimum atomic E-state index is -2.58. The molecule has 20 heteroatoms. The van der Waals surface area contributed by atoms with Crippen molar-refractivity contribution in [2.45, 2.75) is 94.9 Å². The highest BCUT2D eigenvalue weighted by Crippen LogP contribution is 2.70. The van der Waals surface area contributed by atoms with Crippen LogP contribution in [0.25, 0.3) is 0 Å². The zero-order chi connectivity index (χ0) is 38.6. The number of halogens is 2. The van der Waals surface area contributed by atoms with Crippen LogP contribution in [0.2, 0.25) is 0 Å². The molecule has 0 radical (unpaired) electrons. The summed E-state index contributed by atoms with van der Waals surface area (Å²) in [6.07, 6.45) is -4.77. The standard InChI is InChI=1S/C32H45F2N3O15/c1-29-9-7-18(38)13-21(29)22(33)14-20-19-15-23(39)32(30(19,2)16-24(40)31(20,29)34,52-28(44)6-4-12-51-37(47)48)25(41)17-49-27(43)8-10-35-26(42)5-3-11-50-36(45)46/h7,9,13,19-20,22-24,39-40,45-48H,3-6,8,10-12,14-17H2,1-2H3,(H,35,42)/t19?,20?,22-,23+,24-,29-,30-,31-,32-/m0/s1. The molecule has 0 aromatic carbocycles. The number of aliphatic hydroxyl groups excluding tert-OH is 2. The van der Waals surface area contributed by atoms with Crippen LogP contribution in [-0.4, -0.2) is 127 Å². The van der Waals surface area contributed by atoms with Crippen molar-refractivity contribution in [1.82, 2.24) is 16.1 Å². The number of aliphatic hydroxyl groups is 2. The number of nitrogens with zero attached hydrogens (tertiary/aromatic N) is 2. The summed E-state index contributed by atoms with van der Waals surface area (Å²) in [6.45, 7) is 0.941. The monoisotopic (exact) mass is 749 g/mol. The molecule has 0 spiro atoms. The quantitative estimate of drug-likeness (QED) is 0.0615. The fourth-order valence-electron chi connectivity index (χ4n) is 8.64. The number of ketones is 2. The van der Waals surface area contributed by atoms with Crippen molar-refractivity contribution < 1.29 is 82.9 Å². The number of alkyl halides is 2. The molecule has 0 aromatic heterocycles. The molecule has 4 rings (SSSR count). The van der Waals surface area contributed by atoms with Crippen molar-refractivity contribution in [3.63, 3.8) is 0 Å². The van der Waals surface area contributed by atoms with Crippen LogP contribution in [0, 0.1) is 22.7 Å². The first-order valence-corrected chi connectivity index (χ1v) is 16.8. The highest BCUT2D eigenvalue weighted by Gasteiger charge is 2.78. The van der Waals surface area contributed by atoms with Crippen LogP contribution in [0.5, 0.6) is 0 Å². The van der Waals surface area contributed by atoms with Crippen LogP contribution in [0.15, 0.2) is 23.8 Å². The molecule has 0 heterocycles. The lowest BCUT2D eigenvalue weighted by atomic mass is 9.44. The van der Waals surface area contributed by atoms with E-state index in [4.69, 9.17) is 30.3 Å². The van der Waals surface area contributed by atoms with Crippen LogP contribution >= 0.6 is 0 Å². The minimum Gasteiger partial charge on any atom is -0.457 e. The van der Waals surface area contributed by atoms with E-state index < -0.39 is 125 Å². The van der Waals surface area contributed by atoms with Gasteiger partial charge in [-0.25, -0.2) is 8.78 Å². The third kappa shape index (κ3) is 7.81. The molecule has 0 bridgehead atoms. The second-order valence-electron chi connectivity index (χ2n) is 13.9. The number of amides is 1. The molecular weight excluding hydrogens is 704 g/mol. The molecule has 3 fully saturated rings. The molecule has 52 heavy (non-hydrogen) atoms. The van der Waals surface area contributed by atoms with E-state index in [0.717, 1.165) is 12.2 Å². The van der Waals surface area contributed by atoms with E-state index in [2.05, 4.69) is 15.0 Å². The Hall–Kier alpha value is -3.31. The molecule has 1 amide bonds. The largest absolute Gasteiger partial charge is 0.457 e. The number of rotatable bonds is 17. The van der Waals surface area contributed by atoms with Gasteiger partial charge >= 0.3 is 11.9 Å². The molecule has 292 valence electrons. The Kier molecular flexibility index (Phi) is 13.0. The van der Waals surface area contributed by atoms with Gasteiger partial charge < -0.3 is 25.0 Å². The number of hydrogen-bond donors (Lipinski definition) is 7. The number of nitrogens with one attached hydrogen (secondary N) is 1. The lowest BCUT2D eigenvalue weighted by Crippen LogP contribution is -2.71. The lowest BCUT2D eigenvalue weighted by molar-refractivity contribution is -0.492. The van der Waals surface area contributed by atoms with Crippen molar-refractivity contribution in [1.29, 1.82) is 0 Å². The predicted octanol–water partition coefficient (Wildman–Crippen LogP) is 0.761. The fourth-order valence-corrected chi connectivity index (χ4v) is 8.64. The Morgan fingerprint density at radius 2 is 1.56 bits per heavy atom. The second-order valence-corrected chi connectivity index (χ2v) is 13.9. The van der Waals surface area contributed by atoms with E-state index in [1.807, 2.05) is 0 Å². The normalized spacial score (nSPS) is 35.0. The van der Waals surface area contributed by atoms with Gasteiger partial charge in [-0.3, -0.25) is 54.5 Å². The van der Waals surface area contributed by atoms with Crippen LogP contribution in [0.4, 0.5) is 8.78 Å². The maximum Gasteiger partial charge on any atom is 0.308 e. The number of ether oxygens (including phenoxy) is 2. The first kappa shape index (κ1) is 41.4. The summed E-state index contributed by atoms with van der Waals surface area (Å²) < 4.78 is 44.4. The van der Waals surface area contributed by atoms with Crippen LogP contribution in [0.1, 0.15) is 65.2 Å². The molecule has 0 aliphatic heterocycles. The SMILES string of the molecule is C[C@]12C=CC(=O)C=C1[C@@H](F)CC1C3C[C@@H](O)[C@](OC(=O)CCCON(O)O)(C(=O)COC(=O)CCNC(=O)CCCON(O)O)[C@@]3(C)C[C@H](O)[C@@]12F. The molecular formula is C32H45F2N3O15. The Labute approximate surface area is 296 Å². The molecule has 3 saturated carbocycles. The van der Waals surface area contributed by atoms with E-state index in [-0.39, 0.29) is 51.0 Å². The van der Waals surface area contributed by atoms with Crippen LogP contribution < -0.4 is 5.32 Å². The topological polar surface area (TPSA) is 262 Å². The third-order valence-corrected chi connectivity index (χ3v) is 11.0. The van der Waals surface area contributed by atoms with E-state index in [1.165, 1.54) is 19.9 Å². The number of fused-ring (bicyclic) bond motifs is 5. The van der Waals surface area contributed by atoms with Crippen molar-refractivity contribution >= 4 is 29.4 Å². The van der Waals surface area contributed by atoms with E-state index in [0.29, 0.717) is 0 Å². The smallest absolute Gasteiger partial charge is 0.308 e. The number of carbonyl (C=O) groups is 5. The first-order chi connectivity index (χ1) is 24.3. The van der Waals surface area contributed by atoms with E-state index >= 15 is 8.78 Å². The molecule has 7 N–H and O–H groups in total. The molecule has 4 aliphatic carbocycles. The molecule has 0 saturated heterocycles. The summed E-state index contributed by atoms with van der Waals surface area (Å²) >= 11 is 0. The van der Waals surface area contributed by atoms with Crippen molar-refractivity contribution in [3.05, 3.63) is 23.8 Å². The Balaban J connectivity index is 1.55. The minimum absolute atomic E-state index is 0.0847. The first-order valence-electron chi connectivity index (χ1n) is 16.8. The zero-order valence-corrected chi connectivity index (χ0v) is 28.6. The van der Waals surface area contributed by atoms with Gasteiger partial charge in [-0.2, -0.15) is 0 Å². The van der Waals surface area contributed by atoms with E-state index in [1.54, 1.807) is 0 Å². The number of hydrogen-bond acceptors (Lipinski definition) is 17. The molecule has 0 aromatic rings. The van der Waals surface area contributed by atoms with Gasteiger partial charge in [-0.1, -0.05) is 13.0 Å². The van der Waals surface area contributed by atoms with Gasteiger partial charge in [0.2, 0.25) is 17.3 Å². The summed E-state index contributed by atoms with van der Waals surface area (Å²) in [6, 6.07) is 0. The number of carbonyl (C=O) groups excluding carboxylic acids is 5. The molecule has 4 aliphatic rings. The van der Waals surface area contributed by atoms with Crippen LogP contribution in [-0.2, 0) is 43.1 Å². The van der Waals surface area contributed by atoms with Gasteiger partial charge in [-0.15, -0.1) is 0 Å². The van der Waals surface area contributed by atoms with Crippen molar-refractivity contribution in [3.8, 4) is 0 Å². The predicted molar refractivity (Wildman–Crippen MR) is 164 cm³/mol. The second kappa shape index (κ2) is 16.4. The zero-order valence-electron chi connectivity index (χ0n) is 28.6. The van der Waals surface area contributed by atoms with Gasteiger partial charge in [0, 0.05) is 36.1 Å². The van der Waals surface area contributed by atoms with Crippen LogP contribution in [0.3, 0.4) is 0 Å². The third-order valence-electron chi connectivity index (χ3n) is 11.0. The van der Waals surface area contributed by atoms with Crippen molar-refractivity contribution in [2.75, 3.05) is 26.4 Å². The van der Waals surface area contributed by atoms with Gasteiger partial charge in [0.15, 0.2) is 18.1 Å². The van der Waals surface area contributed by atoms with E-state index in [9.17, 15) is 34.2 Å². The average molecular weight is 750 g/mol. The number of Topliss-reactive ketones (excluding diaryl/α,β-unsaturated/α-hetero) is 1. The summed E-state index contributed by atoms with van der Waals surface area (Å²) in [5.74, 6) is -6.63. The molecule has 18 nitrogen and oxygen atoms in total. The maximum absolute atomic E-state index is 17.6. The fraction of sp³-hybridized carbons (Fsp3) is 0.719. The lowest BCUT2D eigenvalue weighted by Gasteiger charge is -2.63. The van der Waals surface area contributed by atoms with Crippen molar-refractivity contribution in [2.24, 2.45) is 22.7 Å². The summed E-state index contributed by atoms with van der Waals surface area (Å²) in [5, 5.41) is 59.1. The van der Waals surface area contributed by atoms with Gasteiger partial charge in [0.25, 0.3) is 0 Å². The summed E-state index contributed by atoms with van der Waals surface area (Å²) in [5.41, 5.74) is -8.77. The molecule has 2 unspecified atom stereocenters. The average Bonchev–Trinajstić information content (AvgIpc) is 3.28. The highest BCUT2D eigenvalue weighted by atomic mass is 19.1. The summed E-state index contributed by atoms with van der Waals surface area (Å²) in [7, 11) is 0. The Bertz CT molecular complexity index is 1450. The number of esters is 2. The maximum atomic E-state index is 17.6. The Morgan fingerprint density at radius 1 is 0.923 bits per heavy atom. The van der Waals surface area contributed by atoms with Gasteiger partial charge in [-0.05, 0) is 62.7 Å². The highest BCUT2D eigenvalue weighted by molar-refractivity contribution is 6.01. The van der Waals surface area contributed by atoms with Gasteiger partial charge in [0.1, 0.15) is 12.3 Å².